The first-order valence-corrected chi connectivity index (χ1v) is 9.08. The summed E-state index contributed by atoms with van der Waals surface area (Å²) in [4.78, 5) is 0. The second-order valence-electron chi connectivity index (χ2n) is 6.34. The van der Waals surface area contributed by atoms with Gasteiger partial charge in [-0.05, 0) is 48.8 Å². The Morgan fingerprint density at radius 2 is 1.65 bits per heavy atom. The van der Waals surface area contributed by atoms with Gasteiger partial charge in [0.2, 0.25) is 0 Å². The first kappa shape index (κ1) is 17.6. The van der Waals surface area contributed by atoms with E-state index in [1.54, 1.807) is 0 Å². The van der Waals surface area contributed by atoms with Gasteiger partial charge in [0.1, 0.15) is 5.75 Å². The van der Waals surface area contributed by atoms with Gasteiger partial charge in [-0.2, -0.15) is 0 Å². The first-order chi connectivity index (χ1) is 11.3. The lowest BCUT2D eigenvalue weighted by atomic mass is 9.95. The van der Waals surface area contributed by atoms with Crippen LogP contribution in [0.4, 0.5) is 0 Å². The van der Waals surface area contributed by atoms with Gasteiger partial charge in [-0.1, -0.05) is 75.2 Å². The molecule has 23 heavy (non-hydrogen) atoms. The van der Waals surface area contributed by atoms with Crippen LogP contribution in [0.25, 0.3) is 0 Å². The Labute approximate surface area is 141 Å². The Balaban J connectivity index is 0.000000168. The van der Waals surface area contributed by atoms with E-state index < -0.39 is 0 Å². The SMILES string of the molecule is CCC1COc2ccccc2C1.CCCCCc1ccccc1. The Kier molecular flexibility index (Phi) is 7.72. The lowest BCUT2D eigenvalue weighted by Gasteiger charge is -2.23. The summed E-state index contributed by atoms with van der Waals surface area (Å²) in [6.45, 7) is 5.36. The molecular formula is C22H30O. The summed E-state index contributed by atoms with van der Waals surface area (Å²) in [7, 11) is 0. The van der Waals surface area contributed by atoms with Crippen molar-refractivity contribution >= 4 is 0 Å². The fourth-order valence-corrected chi connectivity index (χ4v) is 2.88. The van der Waals surface area contributed by atoms with Gasteiger partial charge < -0.3 is 4.74 Å². The highest BCUT2D eigenvalue weighted by molar-refractivity contribution is 5.34. The van der Waals surface area contributed by atoms with Gasteiger partial charge in [-0.15, -0.1) is 0 Å². The maximum atomic E-state index is 5.63. The van der Waals surface area contributed by atoms with Crippen LogP contribution in [0.5, 0.6) is 5.75 Å². The molecule has 0 aliphatic carbocycles. The van der Waals surface area contributed by atoms with Crippen LogP contribution in [0, 0.1) is 5.92 Å². The molecule has 1 aliphatic rings. The van der Waals surface area contributed by atoms with Crippen molar-refractivity contribution in [1.82, 2.24) is 0 Å². The third-order valence-electron chi connectivity index (χ3n) is 4.44. The first-order valence-electron chi connectivity index (χ1n) is 9.08. The van der Waals surface area contributed by atoms with Gasteiger partial charge in [0, 0.05) is 0 Å². The lowest BCUT2D eigenvalue weighted by molar-refractivity contribution is 0.218. The van der Waals surface area contributed by atoms with Crippen molar-refractivity contribution in [2.24, 2.45) is 5.92 Å². The zero-order chi connectivity index (χ0) is 16.3. The molecule has 2 aromatic rings. The van der Waals surface area contributed by atoms with Crippen LogP contribution < -0.4 is 4.74 Å². The summed E-state index contributed by atoms with van der Waals surface area (Å²) in [6.07, 6.45) is 7.65. The molecule has 1 nitrogen and oxygen atoms in total. The van der Waals surface area contributed by atoms with E-state index in [0.717, 1.165) is 18.3 Å². The van der Waals surface area contributed by atoms with E-state index in [4.69, 9.17) is 4.74 Å². The number of ether oxygens (including phenoxy) is 1. The molecule has 0 saturated carbocycles. The minimum atomic E-state index is 0.722. The third-order valence-corrected chi connectivity index (χ3v) is 4.44. The summed E-state index contributed by atoms with van der Waals surface area (Å²) in [5.74, 6) is 1.81. The van der Waals surface area contributed by atoms with E-state index in [-0.39, 0.29) is 0 Å². The minimum absolute atomic E-state index is 0.722. The van der Waals surface area contributed by atoms with E-state index in [2.05, 4.69) is 62.4 Å². The molecule has 124 valence electrons. The van der Waals surface area contributed by atoms with Crippen LogP contribution in [-0.4, -0.2) is 6.61 Å². The van der Waals surface area contributed by atoms with Gasteiger partial charge >= 0.3 is 0 Å². The largest absolute Gasteiger partial charge is 0.493 e. The molecule has 3 rings (SSSR count). The van der Waals surface area contributed by atoms with E-state index in [9.17, 15) is 0 Å². The zero-order valence-electron chi connectivity index (χ0n) is 14.6. The minimum Gasteiger partial charge on any atom is -0.493 e. The summed E-state index contributed by atoms with van der Waals surface area (Å²) in [5.41, 5.74) is 2.84. The van der Waals surface area contributed by atoms with E-state index >= 15 is 0 Å². The van der Waals surface area contributed by atoms with Gasteiger partial charge in [0.05, 0.1) is 6.61 Å². The second-order valence-corrected chi connectivity index (χ2v) is 6.34. The number of aryl methyl sites for hydroxylation is 1. The van der Waals surface area contributed by atoms with Crippen LogP contribution in [0.1, 0.15) is 50.7 Å². The highest BCUT2D eigenvalue weighted by Gasteiger charge is 2.16. The molecule has 0 N–H and O–H groups in total. The molecule has 0 bridgehead atoms. The number of benzene rings is 2. The molecule has 1 heterocycles. The quantitative estimate of drug-likeness (QED) is 0.609. The van der Waals surface area contributed by atoms with Crippen molar-refractivity contribution in [2.45, 2.75) is 52.4 Å². The average molecular weight is 310 g/mol. The van der Waals surface area contributed by atoms with Crippen LogP contribution >= 0.6 is 0 Å². The van der Waals surface area contributed by atoms with Gasteiger partial charge in [0.15, 0.2) is 0 Å². The fourth-order valence-electron chi connectivity index (χ4n) is 2.88. The van der Waals surface area contributed by atoms with E-state index in [1.165, 1.54) is 49.7 Å². The van der Waals surface area contributed by atoms with Crippen molar-refractivity contribution in [1.29, 1.82) is 0 Å². The molecule has 0 fully saturated rings. The maximum absolute atomic E-state index is 5.63. The molecule has 1 unspecified atom stereocenters. The summed E-state index contributed by atoms with van der Waals surface area (Å²) in [6, 6.07) is 19.0. The molecule has 0 radical (unpaired) electrons. The van der Waals surface area contributed by atoms with Crippen LogP contribution in [0.2, 0.25) is 0 Å². The Bertz CT molecular complexity index is 547. The van der Waals surface area contributed by atoms with Gasteiger partial charge in [-0.25, -0.2) is 0 Å². The normalized spacial score (nSPS) is 15.8. The Morgan fingerprint density at radius 1 is 0.913 bits per heavy atom. The Morgan fingerprint density at radius 3 is 2.39 bits per heavy atom. The van der Waals surface area contributed by atoms with Crippen molar-refractivity contribution in [3.63, 3.8) is 0 Å². The predicted molar refractivity (Wildman–Crippen MR) is 99.1 cm³/mol. The standard InChI is InChI=1S/C11H14O.C11H16/c1-2-9-7-10-5-3-4-6-11(10)12-8-9;1-2-3-5-8-11-9-6-4-7-10-11/h3-6,9H,2,7-8H2,1H3;4,6-7,9-10H,2-3,5,8H2,1H3. The smallest absolute Gasteiger partial charge is 0.122 e. The van der Waals surface area contributed by atoms with Crippen LogP contribution in [0.15, 0.2) is 54.6 Å². The number of rotatable bonds is 5. The number of para-hydroxylation sites is 1. The highest BCUT2D eigenvalue weighted by atomic mass is 16.5. The number of unbranched alkanes of at least 4 members (excludes halogenated alkanes) is 2. The average Bonchev–Trinajstić information content (AvgIpc) is 2.63. The molecule has 2 aromatic carbocycles. The number of fused-ring (bicyclic) bond motifs is 1. The molecule has 1 atom stereocenters. The molecule has 0 saturated heterocycles. The topological polar surface area (TPSA) is 9.23 Å². The highest BCUT2D eigenvalue weighted by Crippen LogP contribution is 2.27. The summed E-state index contributed by atoms with van der Waals surface area (Å²) < 4.78 is 5.63. The fraction of sp³-hybridized carbons (Fsp3) is 0.455. The second kappa shape index (κ2) is 10.1. The molecule has 1 heteroatoms. The van der Waals surface area contributed by atoms with Crippen molar-refractivity contribution < 1.29 is 4.74 Å². The van der Waals surface area contributed by atoms with Crippen molar-refractivity contribution in [3.05, 3.63) is 65.7 Å². The monoisotopic (exact) mass is 310 g/mol. The van der Waals surface area contributed by atoms with Crippen molar-refractivity contribution in [3.8, 4) is 5.75 Å². The lowest BCUT2D eigenvalue weighted by Crippen LogP contribution is -2.19. The molecular weight excluding hydrogens is 280 g/mol. The number of hydrogen-bond acceptors (Lipinski definition) is 1. The Hall–Kier alpha value is -1.76. The zero-order valence-corrected chi connectivity index (χ0v) is 14.6. The molecule has 1 aliphatic heterocycles. The van der Waals surface area contributed by atoms with Crippen LogP contribution in [0.3, 0.4) is 0 Å². The van der Waals surface area contributed by atoms with Crippen LogP contribution in [-0.2, 0) is 12.8 Å². The molecule has 0 aromatic heterocycles. The molecule has 0 spiro atoms. The van der Waals surface area contributed by atoms with Gasteiger partial charge in [-0.3, -0.25) is 0 Å². The predicted octanol–water partition coefficient (Wildman–Crippen LogP) is 6.07. The summed E-state index contributed by atoms with van der Waals surface area (Å²) >= 11 is 0. The van der Waals surface area contributed by atoms with E-state index in [0.29, 0.717) is 0 Å². The number of hydrogen-bond donors (Lipinski definition) is 0. The van der Waals surface area contributed by atoms with Gasteiger partial charge in [0.25, 0.3) is 0 Å². The van der Waals surface area contributed by atoms with Crippen molar-refractivity contribution in [2.75, 3.05) is 6.61 Å². The third kappa shape index (κ3) is 6.09. The van der Waals surface area contributed by atoms with E-state index in [1.807, 2.05) is 6.07 Å². The maximum Gasteiger partial charge on any atom is 0.122 e. The molecule has 0 amide bonds. The summed E-state index contributed by atoms with van der Waals surface area (Å²) in [5, 5.41) is 0.